The first-order valence-corrected chi connectivity index (χ1v) is 12.2. The van der Waals surface area contributed by atoms with E-state index in [2.05, 4.69) is 5.32 Å². The van der Waals surface area contributed by atoms with Crippen LogP contribution in [0.15, 0.2) is 53.4 Å². The van der Waals surface area contributed by atoms with Crippen LogP contribution in [0, 0.1) is 5.92 Å². The predicted molar refractivity (Wildman–Crippen MR) is 126 cm³/mol. The summed E-state index contributed by atoms with van der Waals surface area (Å²) in [5.41, 5.74) is 0.909. The van der Waals surface area contributed by atoms with Crippen LogP contribution in [0.2, 0.25) is 0 Å². The fourth-order valence-electron chi connectivity index (χ4n) is 3.02. The van der Waals surface area contributed by atoms with Crippen LogP contribution in [0.25, 0.3) is 0 Å². The highest BCUT2D eigenvalue weighted by Gasteiger charge is 2.25. The zero-order valence-corrected chi connectivity index (χ0v) is 20.3. The van der Waals surface area contributed by atoms with Gasteiger partial charge < -0.3 is 10.1 Å². The maximum atomic E-state index is 12.7. The average molecular weight is 475 g/mol. The topological polar surface area (TPSA) is 110 Å². The van der Waals surface area contributed by atoms with Gasteiger partial charge in [-0.15, -0.1) is 0 Å². The van der Waals surface area contributed by atoms with Gasteiger partial charge in [-0.2, -0.15) is 4.31 Å². The van der Waals surface area contributed by atoms with Gasteiger partial charge in [0.2, 0.25) is 21.7 Å². The smallest absolute Gasteiger partial charge is 0.338 e. The molecule has 0 heterocycles. The van der Waals surface area contributed by atoms with Gasteiger partial charge in [0.05, 0.1) is 10.5 Å². The zero-order valence-electron chi connectivity index (χ0n) is 19.5. The molecule has 33 heavy (non-hydrogen) atoms. The van der Waals surface area contributed by atoms with Crippen LogP contribution in [0.3, 0.4) is 0 Å². The van der Waals surface area contributed by atoms with Crippen molar-refractivity contribution in [3.63, 3.8) is 0 Å². The summed E-state index contributed by atoms with van der Waals surface area (Å²) < 4.78 is 32.0. The van der Waals surface area contributed by atoms with Crippen molar-refractivity contribution in [2.24, 2.45) is 5.92 Å². The molecule has 0 saturated carbocycles. The number of hydrogen-bond donors (Lipinski definition) is 1. The van der Waals surface area contributed by atoms with Gasteiger partial charge >= 0.3 is 5.97 Å². The van der Waals surface area contributed by atoms with Gasteiger partial charge in [-0.25, -0.2) is 13.2 Å². The largest absolute Gasteiger partial charge is 0.451 e. The molecule has 0 saturated heterocycles. The fraction of sp³-hybridized carbons (Fsp3) is 0.375. The highest BCUT2D eigenvalue weighted by Crippen LogP contribution is 2.19. The normalized spacial score (nSPS) is 12.5. The Morgan fingerprint density at radius 1 is 0.939 bits per heavy atom. The van der Waals surface area contributed by atoms with E-state index in [1.54, 1.807) is 52.0 Å². The molecule has 9 heteroatoms. The molecule has 0 radical (unpaired) electrons. The van der Waals surface area contributed by atoms with Gasteiger partial charge in [0.25, 0.3) is 0 Å². The lowest BCUT2D eigenvalue weighted by molar-refractivity contribution is -0.118. The van der Waals surface area contributed by atoms with Crippen LogP contribution < -0.4 is 5.32 Å². The van der Waals surface area contributed by atoms with Crippen molar-refractivity contribution in [3.8, 4) is 0 Å². The third-order valence-electron chi connectivity index (χ3n) is 5.03. The van der Waals surface area contributed by atoms with Crippen molar-refractivity contribution in [2.45, 2.75) is 45.6 Å². The molecule has 1 amide bonds. The van der Waals surface area contributed by atoms with Crippen molar-refractivity contribution >= 4 is 33.4 Å². The van der Waals surface area contributed by atoms with E-state index < -0.39 is 27.9 Å². The van der Waals surface area contributed by atoms with Gasteiger partial charge in [0.1, 0.15) is 0 Å². The number of anilines is 1. The van der Waals surface area contributed by atoms with Gasteiger partial charge in [-0.3, -0.25) is 9.59 Å². The number of ketones is 1. The molecule has 0 spiro atoms. The lowest BCUT2D eigenvalue weighted by atomic mass is 10.1. The molecule has 1 unspecified atom stereocenters. The minimum Gasteiger partial charge on any atom is -0.451 e. The van der Waals surface area contributed by atoms with Gasteiger partial charge in [0, 0.05) is 30.3 Å². The molecular formula is C24H30N2O6S. The monoisotopic (exact) mass is 474 g/mol. The summed E-state index contributed by atoms with van der Waals surface area (Å²) in [5, 5.41) is 2.74. The molecule has 178 valence electrons. The van der Waals surface area contributed by atoms with E-state index in [1.165, 1.54) is 35.5 Å². The SMILES string of the molecule is CCN(CC)S(=O)(=O)c1cccc(C(=O)OC(C)C(=O)c2ccc(NC(=O)C(C)C)cc2)c1. The Balaban J connectivity index is 2.11. The predicted octanol–water partition coefficient (Wildman–Crippen LogP) is 3.74. The lowest BCUT2D eigenvalue weighted by Crippen LogP contribution is -2.30. The summed E-state index contributed by atoms with van der Waals surface area (Å²) in [7, 11) is -3.73. The van der Waals surface area contributed by atoms with Crippen LogP contribution in [-0.2, 0) is 19.6 Å². The molecule has 2 aromatic rings. The number of ether oxygens (including phenoxy) is 1. The molecule has 1 N–H and O–H groups in total. The Morgan fingerprint density at radius 3 is 2.09 bits per heavy atom. The highest BCUT2D eigenvalue weighted by atomic mass is 32.2. The van der Waals surface area contributed by atoms with E-state index in [4.69, 9.17) is 4.74 Å². The summed E-state index contributed by atoms with van der Waals surface area (Å²) in [5.74, 6) is -1.53. The minimum absolute atomic E-state index is 0.0151. The van der Waals surface area contributed by atoms with Crippen molar-refractivity contribution in [3.05, 3.63) is 59.7 Å². The van der Waals surface area contributed by atoms with Crippen molar-refractivity contribution in [1.29, 1.82) is 0 Å². The summed E-state index contributed by atoms with van der Waals surface area (Å²) >= 11 is 0. The molecule has 0 fully saturated rings. The molecule has 2 rings (SSSR count). The first-order valence-electron chi connectivity index (χ1n) is 10.8. The molecule has 0 aromatic heterocycles. The van der Waals surface area contributed by atoms with E-state index in [1.807, 2.05) is 0 Å². The number of benzene rings is 2. The molecular weight excluding hydrogens is 444 g/mol. The van der Waals surface area contributed by atoms with Crippen LogP contribution in [-0.4, -0.2) is 49.6 Å². The number of hydrogen-bond acceptors (Lipinski definition) is 6. The van der Waals surface area contributed by atoms with Crippen LogP contribution in [0.1, 0.15) is 55.3 Å². The third-order valence-corrected chi connectivity index (χ3v) is 7.07. The van der Waals surface area contributed by atoms with Crippen molar-refractivity contribution in [1.82, 2.24) is 4.31 Å². The summed E-state index contributed by atoms with van der Waals surface area (Å²) in [6.07, 6.45) is -1.09. The van der Waals surface area contributed by atoms with Gasteiger partial charge in [-0.1, -0.05) is 33.8 Å². The molecule has 0 aliphatic rings. The Labute approximate surface area is 195 Å². The second kappa shape index (κ2) is 11.2. The van der Waals surface area contributed by atoms with E-state index in [-0.39, 0.29) is 22.3 Å². The van der Waals surface area contributed by atoms with Crippen LogP contribution >= 0.6 is 0 Å². The number of nitrogens with zero attached hydrogens (tertiary/aromatic N) is 1. The maximum absolute atomic E-state index is 12.7. The molecule has 0 aliphatic heterocycles. The van der Waals surface area contributed by atoms with Gasteiger partial charge in [0.15, 0.2) is 6.10 Å². The number of sulfonamides is 1. The summed E-state index contributed by atoms with van der Waals surface area (Å²) in [6.45, 7) is 9.08. The van der Waals surface area contributed by atoms with Crippen LogP contribution in [0.4, 0.5) is 5.69 Å². The number of esters is 1. The van der Waals surface area contributed by atoms with Crippen molar-refractivity contribution in [2.75, 3.05) is 18.4 Å². The van der Waals surface area contributed by atoms with E-state index in [0.717, 1.165) is 0 Å². The second-order valence-corrected chi connectivity index (χ2v) is 9.69. The Hall–Kier alpha value is -3.04. The Morgan fingerprint density at radius 2 is 1.55 bits per heavy atom. The standard InChI is InChI=1S/C24H30N2O6S/c1-6-26(7-2)33(30,31)21-10-8-9-19(15-21)24(29)32-17(5)22(27)18-11-13-20(14-12-18)25-23(28)16(3)4/h8-17H,6-7H2,1-5H3,(H,25,28). The molecule has 0 bridgehead atoms. The fourth-order valence-corrected chi connectivity index (χ4v) is 4.52. The summed E-state index contributed by atoms with van der Waals surface area (Å²) in [4.78, 5) is 37.0. The molecule has 0 aliphatic carbocycles. The maximum Gasteiger partial charge on any atom is 0.338 e. The number of amides is 1. The number of Topliss-reactive ketones (excluding diaryl/α,β-unsaturated/α-hetero) is 1. The van der Waals surface area contributed by atoms with E-state index >= 15 is 0 Å². The Kier molecular flexibility index (Phi) is 8.90. The van der Waals surface area contributed by atoms with Crippen LogP contribution in [0.5, 0.6) is 0 Å². The first-order chi connectivity index (χ1) is 15.5. The average Bonchev–Trinajstić information content (AvgIpc) is 2.79. The number of rotatable bonds is 10. The first kappa shape index (κ1) is 26.2. The number of carbonyl (C=O) groups excluding carboxylic acids is 3. The van der Waals surface area contributed by atoms with Gasteiger partial charge in [-0.05, 0) is 49.4 Å². The number of carbonyl (C=O) groups is 3. The van der Waals surface area contributed by atoms with E-state index in [9.17, 15) is 22.8 Å². The molecule has 8 nitrogen and oxygen atoms in total. The molecule has 1 atom stereocenters. The minimum atomic E-state index is -3.73. The Bertz CT molecular complexity index is 1110. The lowest BCUT2D eigenvalue weighted by Gasteiger charge is -2.19. The highest BCUT2D eigenvalue weighted by molar-refractivity contribution is 7.89. The zero-order chi connectivity index (χ0) is 24.8. The second-order valence-electron chi connectivity index (χ2n) is 7.75. The third kappa shape index (κ3) is 6.49. The van der Waals surface area contributed by atoms with Crippen molar-refractivity contribution < 1.29 is 27.5 Å². The number of nitrogens with one attached hydrogen (secondary N) is 1. The summed E-state index contributed by atoms with van der Waals surface area (Å²) in [6, 6.07) is 11.8. The quantitative estimate of drug-likeness (QED) is 0.415. The molecule has 2 aromatic carbocycles. The van der Waals surface area contributed by atoms with E-state index in [0.29, 0.717) is 24.3 Å².